The highest BCUT2D eigenvalue weighted by Crippen LogP contribution is 2.36. The first-order valence-corrected chi connectivity index (χ1v) is 10.7. The molecule has 152 valence electrons. The fourth-order valence-electron chi connectivity index (χ4n) is 3.47. The lowest BCUT2D eigenvalue weighted by atomic mass is 9.92. The van der Waals surface area contributed by atoms with Gasteiger partial charge in [0, 0.05) is 17.8 Å². The number of nitrogen functional groups attached to an aromatic ring is 1. The van der Waals surface area contributed by atoms with Crippen molar-refractivity contribution in [1.29, 1.82) is 0 Å². The van der Waals surface area contributed by atoms with Crippen LogP contribution in [0.25, 0.3) is 10.4 Å². The summed E-state index contributed by atoms with van der Waals surface area (Å²) in [5, 5.41) is 1.18. The molecule has 1 saturated heterocycles. The summed E-state index contributed by atoms with van der Waals surface area (Å²) in [5.74, 6) is 0.288. The Kier molecular flexibility index (Phi) is 5.82. The van der Waals surface area contributed by atoms with Crippen LogP contribution >= 0.6 is 11.3 Å². The number of carbonyl (C=O) groups is 1. The van der Waals surface area contributed by atoms with E-state index in [9.17, 15) is 4.79 Å². The third-order valence-corrected chi connectivity index (χ3v) is 6.46. The Morgan fingerprint density at radius 2 is 1.75 bits per heavy atom. The number of likely N-dealkylation sites (tertiary alicyclic amines) is 1. The maximum atomic E-state index is 12.6. The van der Waals surface area contributed by atoms with Gasteiger partial charge >= 0.3 is 5.97 Å². The third kappa shape index (κ3) is 4.73. The number of anilines is 1. The fraction of sp³-hybridized carbons (Fsp3) is 0.545. The molecule has 6 heteroatoms. The van der Waals surface area contributed by atoms with Gasteiger partial charge < -0.3 is 10.5 Å². The highest BCUT2D eigenvalue weighted by molar-refractivity contribution is 7.15. The lowest BCUT2D eigenvalue weighted by molar-refractivity contribution is -0.168. The number of esters is 1. The van der Waals surface area contributed by atoms with Crippen molar-refractivity contribution in [3.63, 3.8) is 0 Å². The van der Waals surface area contributed by atoms with Gasteiger partial charge in [0.05, 0.1) is 9.88 Å². The fourth-order valence-corrected chi connectivity index (χ4v) is 4.57. The van der Waals surface area contributed by atoms with Gasteiger partial charge in [-0.3, -0.25) is 9.69 Å². The topological polar surface area (TPSA) is 68.5 Å². The molecule has 0 amide bonds. The number of nitrogens with two attached hydrogens (primary N) is 1. The number of thiazole rings is 1. The standard InChI is InChI=1S/C22H31N3O2S/c1-21(2,3)27-20(26)22(4,5)25-12-10-16(11-13-25)19-24-14-18(28-19)15-6-8-17(23)9-7-15/h6-9,14,16H,10-13,23H2,1-5H3. The number of hydrogen-bond acceptors (Lipinski definition) is 6. The molecule has 5 nitrogen and oxygen atoms in total. The molecule has 2 aromatic rings. The number of benzene rings is 1. The van der Waals surface area contributed by atoms with E-state index in [2.05, 4.69) is 9.88 Å². The molecule has 0 bridgehead atoms. The molecule has 1 aliphatic rings. The molecule has 28 heavy (non-hydrogen) atoms. The van der Waals surface area contributed by atoms with Crippen molar-refractivity contribution in [2.24, 2.45) is 0 Å². The van der Waals surface area contributed by atoms with Crippen LogP contribution < -0.4 is 5.73 Å². The maximum Gasteiger partial charge on any atom is 0.326 e. The van der Waals surface area contributed by atoms with Crippen LogP contribution in [-0.4, -0.2) is 40.1 Å². The monoisotopic (exact) mass is 401 g/mol. The summed E-state index contributed by atoms with van der Waals surface area (Å²) < 4.78 is 5.63. The largest absolute Gasteiger partial charge is 0.459 e. The van der Waals surface area contributed by atoms with Crippen molar-refractivity contribution in [2.45, 2.75) is 64.5 Å². The Hall–Kier alpha value is -1.92. The zero-order valence-electron chi connectivity index (χ0n) is 17.5. The Morgan fingerprint density at radius 3 is 2.32 bits per heavy atom. The molecule has 2 heterocycles. The Balaban J connectivity index is 1.62. The number of rotatable bonds is 4. The van der Waals surface area contributed by atoms with Crippen molar-refractivity contribution in [3.05, 3.63) is 35.5 Å². The second kappa shape index (κ2) is 7.84. The summed E-state index contributed by atoms with van der Waals surface area (Å²) >= 11 is 1.76. The van der Waals surface area contributed by atoms with Crippen molar-refractivity contribution in [3.8, 4) is 10.4 Å². The summed E-state index contributed by atoms with van der Waals surface area (Å²) in [7, 11) is 0. The van der Waals surface area contributed by atoms with Crippen LogP contribution in [-0.2, 0) is 9.53 Å². The van der Waals surface area contributed by atoms with Crippen molar-refractivity contribution < 1.29 is 9.53 Å². The average molecular weight is 402 g/mol. The van der Waals surface area contributed by atoms with Crippen LogP contribution in [0.3, 0.4) is 0 Å². The SMILES string of the molecule is CC(C)(C)OC(=O)C(C)(C)N1CCC(c2ncc(-c3ccc(N)cc3)s2)CC1. The molecule has 0 spiro atoms. The summed E-state index contributed by atoms with van der Waals surface area (Å²) in [6.45, 7) is 11.4. The van der Waals surface area contributed by atoms with E-state index in [-0.39, 0.29) is 5.97 Å². The number of hydrogen-bond donors (Lipinski definition) is 1. The number of ether oxygens (including phenoxy) is 1. The minimum Gasteiger partial charge on any atom is -0.459 e. The van der Waals surface area contributed by atoms with Gasteiger partial charge in [-0.15, -0.1) is 11.3 Å². The molecule has 1 aromatic carbocycles. The normalized spacial score (nSPS) is 16.9. The van der Waals surface area contributed by atoms with Crippen LogP contribution in [0.1, 0.15) is 58.4 Å². The van der Waals surface area contributed by atoms with Gasteiger partial charge in [-0.05, 0) is 78.2 Å². The van der Waals surface area contributed by atoms with Gasteiger partial charge in [0.25, 0.3) is 0 Å². The molecule has 3 rings (SSSR count). The smallest absolute Gasteiger partial charge is 0.326 e. The summed E-state index contributed by atoms with van der Waals surface area (Å²) in [6, 6.07) is 7.93. The van der Waals surface area contributed by atoms with Crippen molar-refractivity contribution in [1.82, 2.24) is 9.88 Å². The molecule has 0 unspecified atom stereocenters. The van der Waals surface area contributed by atoms with Gasteiger partial charge in [0.1, 0.15) is 11.1 Å². The van der Waals surface area contributed by atoms with E-state index in [1.807, 2.05) is 65.1 Å². The number of piperidine rings is 1. The molecule has 0 aliphatic carbocycles. The minimum absolute atomic E-state index is 0.154. The van der Waals surface area contributed by atoms with Crippen LogP contribution in [0.4, 0.5) is 5.69 Å². The molecular formula is C22H31N3O2S. The molecule has 1 aromatic heterocycles. The first-order chi connectivity index (χ1) is 13.1. The maximum absolute atomic E-state index is 12.6. The van der Waals surface area contributed by atoms with Gasteiger partial charge in [-0.1, -0.05) is 12.1 Å². The minimum atomic E-state index is -0.615. The molecule has 0 saturated carbocycles. The molecule has 1 fully saturated rings. The molecule has 0 radical (unpaired) electrons. The Morgan fingerprint density at radius 1 is 1.14 bits per heavy atom. The van der Waals surface area contributed by atoms with E-state index in [0.717, 1.165) is 37.2 Å². The van der Waals surface area contributed by atoms with Crippen molar-refractivity contribution in [2.75, 3.05) is 18.8 Å². The van der Waals surface area contributed by atoms with Crippen LogP contribution in [0.2, 0.25) is 0 Å². The molecule has 1 aliphatic heterocycles. The third-order valence-electron chi connectivity index (χ3n) is 5.25. The predicted molar refractivity (Wildman–Crippen MR) is 115 cm³/mol. The van der Waals surface area contributed by atoms with E-state index in [1.165, 1.54) is 9.88 Å². The number of nitrogens with zero attached hydrogens (tertiary/aromatic N) is 2. The van der Waals surface area contributed by atoms with E-state index < -0.39 is 11.1 Å². The van der Waals surface area contributed by atoms with E-state index in [4.69, 9.17) is 10.5 Å². The van der Waals surface area contributed by atoms with Gasteiger partial charge in [0.2, 0.25) is 0 Å². The highest BCUT2D eigenvalue weighted by Gasteiger charge is 2.40. The molecular weight excluding hydrogens is 370 g/mol. The number of carbonyl (C=O) groups excluding carboxylic acids is 1. The lowest BCUT2D eigenvalue weighted by Crippen LogP contribution is -2.54. The van der Waals surface area contributed by atoms with Gasteiger partial charge in [0.15, 0.2) is 0 Å². The van der Waals surface area contributed by atoms with Gasteiger partial charge in [-0.25, -0.2) is 4.98 Å². The van der Waals surface area contributed by atoms with E-state index >= 15 is 0 Å². The predicted octanol–water partition coefficient (Wildman–Crippen LogP) is 4.69. The highest BCUT2D eigenvalue weighted by atomic mass is 32.1. The first kappa shape index (κ1) is 20.8. The average Bonchev–Trinajstić information content (AvgIpc) is 3.11. The Bertz CT molecular complexity index is 813. The van der Waals surface area contributed by atoms with Crippen molar-refractivity contribution >= 4 is 23.0 Å². The van der Waals surface area contributed by atoms with E-state index in [0.29, 0.717) is 5.92 Å². The summed E-state index contributed by atoms with van der Waals surface area (Å²) in [5.41, 5.74) is 6.62. The number of aromatic nitrogens is 1. The molecule has 0 atom stereocenters. The second-order valence-electron chi connectivity index (χ2n) is 9.01. The van der Waals surface area contributed by atoms with E-state index in [1.54, 1.807) is 11.3 Å². The van der Waals surface area contributed by atoms with Gasteiger partial charge in [-0.2, -0.15) is 0 Å². The van der Waals surface area contributed by atoms with Crippen LogP contribution in [0.5, 0.6) is 0 Å². The zero-order chi connectivity index (χ0) is 20.5. The zero-order valence-corrected chi connectivity index (χ0v) is 18.3. The second-order valence-corrected chi connectivity index (χ2v) is 10.1. The molecule has 2 N–H and O–H groups in total. The Labute approximate surface area is 171 Å². The lowest BCUT2D eigenvalue weighted by Gasteiger charge is -2.41. The quantitative estimate of drug-likeness (QED) is 0.594. The van der Waals surface area contributed by atoms with Crippen LogP contribution in [0, 0.1) is 0 Å². The summed E-state index contributed by atoms with van der Waals surface area (Å²) in [6.07, 6.45) is 3.96. The summed E-state index contributed by atoms with van der Waals surface area (Å²) in [4.78, 5) is 20.7. The first-order valence-electron chi connectivity index (χ1n) is 9.86. The van der Waals surface area contributed by atoms with Crippen LogP contribution in [0.15, 0.2) is 30.5 Å².